The van der Waals surface area contributed by atoms with Crippen molar-refractivity contribution in [3.8, 4) is 0 Å². The van der Waals surface area contributed by atoms with E-state index in [1.807, 2.05) is 0 Å². The molecule has 1 saturated heterocycles. The summed E-state index contributed by atoms with van der Waals surface area (Å²) in [5, 5.41) is 17.4. The highest BCUT2D eigenvalue weighted by Gasteiger charge is 2.29. The lowest BCUT2D eigenvalue weighted by Gasteiger charge is -2.30. The molecule has 6 nitrogen and oxygen atoms in total. The molecule has 0 spiro atoms. The van der Waals surface area contributed by atoms with Gasteiger partial charge in [0.1, 0.15) is 0 Å². The minimum absolute atomic E-state index is 0. The summed E-state index contributed by atoms with van der Waals surface area (Å²) in [5.74, 6) is 0.769. The predicted molar refractivity (Wildman–Crippen MR) is 146 cm³/mol. The normalized spacial score (nSPS) is 15.7. The fraction of sp³-hybridized carbons (Fsp3) is 0.500. The Kier molecular flexibility index (Phi) is 12.8. The van der Waals surface area contributed by atoms with Gasteiger partial charge in [-0.1, -0.05) is 60.7 Å². The van der Waals surface area contributed by atoms with Crippen molar-refractivity contribution in [3.63, 3.8) is 0 Å². The molecule has 1 aliphatic heterocycles. The molecule has 2 aromatic carbocycles. The molecule has 3 N–H and O–H groups in total. The van der Waals surface area contributed by atoms with Crippen LogP contribution in [0.25, 0.3) is 0 Å². The number of nitrogens with one attached hydrogen (secondary N) is 2. The highest BCUT2D eigenvalue weighted by Crippen LogP contribution is 2.20. The summed E-state index contributed by atoms with van der Waals surface area (Å²) in [6.45, 7) is 8.13. The monoisotopic (exact) mass is 566 g/mol. The fourth-order valence-electron chi connectivity index (χ4n) is 3.88. The lowest BCUT2D eigenvalue weighted by atomic mass is 9.95. The van der Waals surface area contributed by atoms with Crippen LogP contribution in [0.4, 0.5) is 0 Å². The van der Waals surface area contributed by atoms with Gasteiger partial charge in [0.25, 0.3) is 0 Å². The summed E-state index contributed by atoms with van der Waals surface area (Å²) in [7, 11) is 0. The number of ether oxygens (including phenoxy) is 1. The quantitative estimate of drug-likeness (QED) is 0.167. The molecule has 1 fully saturated rings. The first kappa shape index (κ1) is 27.6. The van der Waals surface area contributed by atoms with Crippen molar-refractivity contribution in [2.45, 2.75) is 44.9 Å². The van der Waals surface area contributed by atoms with Gasteiger partial charge in [-0.15, -0.1) is 24.0 Å². The second-order valence-corrected chi connectivity index (χ2v) is 8.49. The summed E-state index contributed by atoms with van der Waals surface area (Å²) in [5.41, 5.74) is 1.91. The Labute approximate surface area is 215 Å². The van der Waals surface area contributed by atoms with Gasteiger partial charge in [-0.2, -0.15) is 0 Å². The zero-order valence-electron chi connectivity index (χ0n) is 19.7. The number of halogens is 1. The van der Waals surface area contributed by atoms with E-state index in [0.29, 0.717) is 32.6 Å². The van der Waals surface area contributed by atoms with Gasteiger partial charge in [0, 0.05) is 58.8 Å². The number of rotatable bonds is 11. The maximum atomic E-state index is 10.7. The Morgan fingerprint density at radius 3 is 2.09 bits per heavy atom. The van der Waals surface area contributed by atoms with Crippen LogP contribution in [0.5, 0.6) is 0 Å². The smallest absolute Gasteiger partial charge is 0.191 e. The maximum absolute atomic E-state index is 10.7. The maximum Gasteiger partial charge on any atom is 0.191 e. The molecule has 33 heavy (non-hydrogen) atoms. The Bertz CT molecular complexity index is 757. The van der Waals surface area contributed by atoms with E-state index in [0.717, 1.165) is 45.1 Å². The third-order valence-corrected chi connectivity index (χ3v) is 5.74. The van der Waals surface area contributed by atoms with E-state index < -0.39 is 5.60 Å². The highest BCUT2D eigenvalue weighted by molar-refractivity contribution is 14.0. The fourth-order valence-corrected chi connectivity index (χ4v) is 3.88. The van der Waals surface area contributed by atoms with Gasteiger partial charge in [0.05, 0.1) is 12.1 Å². The average molecular weight is 567 g/mol. The average Bonchev–Trinajstić information content (AvgIpc) is 2.82. The first-order valence-corrected chi connectivity index (χ1v) is 11.8. The molecule has 1 aliphatic rings. The lowest BCUT2D eigenvalue weighted by molar-refractivity contribution is -0.0565. The molecule has 3 rings (SSSR count). The topological polar surface area (TPSA) is 69.1 Å². The van der Waals surface area contributed by atoms with Gasteiger partial charge >= 0.3 is 0 Å². The molecule has 182 valence electrons. The predicted octanol–water partition coefficient (Wildman–Crippen LogP) is 3.79. The van der Waals surface area contributed by atoms with Crippen LogP contribution >= 0.6 is 24.0 Å². The van der Waals surface area contributed by atoms with Gasteiger partial charge < -0.3 is 20.5 Å². The summed E-state index contributed by atoms with van der Waals surface area (Å²) in [4.78, 5) is 7.12. The number of benzene rings is 2. The van der Waals surface area contributed by atoms with Crippen LogP contribution in [0.3, 0.4) is 0 Å². The molecule has 0 unspecified atom stereocenters. The second kappa shape index (κ2) is 15.3. The number of hydrogen-bond acceptors (Lipinski definition) is 4. The van der Waals surface area contributed by atoms with Gasteiger partial charge in [0.2, 0.25) is 0 Å². The number of guanidine groups is 1. The van der Waals surface area contributed by atoms with Crippen LogP contribution < -0.4 is 10.6 Å². The number of hydrogen-bond donors (Lipinski definition) is 3. The summed E-state index contributed by atoms with van der Waals surface area (Å²) in [6, 6.07) is 21.3. The number of aliphatic hydroxyl groups is 1. The van der Waals surface area contributed by atoms with E-state index in [-0.39, 0.29) is 24.0 Å². The van der Waals surface area contributed by atoms with Crippen molar-refractivity contribution in [1.82, 2.24) is 15.5 Å². The van der Waals surface area contributed by atoms with Crippen LogP contribution in [-0.2, 0) is 17.8 Å². The van der Waals surface area contributed by atoms with Crippen LogP contribution in [0.15, 0.2) is 65.7 Å². The molecule has 0 saturated carbocycles. The summed E-state index contributed by atoms with van der Waals surface area (Å²) < 4.78 is 5.36. The zero-order valence-corrected chi connectivity index (χ0v) is 22.0. The van der Waals surface area contributed by atoms with E-state index in [9.17, 15) is 5.11 Å². The van der Waals surface area contributed by atoms with E-state index in [4.69, 9.17) is 4.74 Å². The zero-order chi connectivity index (χ0) is 22.5. The minimum atomic E-state index is -0.747. The third-order valence-electron chi connectivity index (χ3n) is 5.74. The molecule has 7 heteroatoms. The molecule has 0 aromatic heterocycles. The van der Waals surface area contributed by atoms with E-state index >= 15 is 0 Å². The molecule has 0 amide bonds. The van der Waals surface area contributed by atoms with Crippen LogP contribution in [-0.4, -0.2) is 61.0 Å². The van der Waals surface area contributed by atoms with Crippen molar-refractivity contribution in [2.75, 3.05) is 39.4 Å². The second-order valence-electron chi connectivity index (χ2n) is 8.49. The van der Waals surface area contributed by atoms with Crippen LogP contribution in [0, 0.1) is 0 Å². The molecule has 0 aliphatic carbocycles. The SMILES string of the molecule is CCNC(=NCC1(O)CCOCC1)NCCCN(Cc1ccccc1)Cc1ccccc1.I. The van der Waals surface area contributed by atoms with Gasteiger partial charge in [-0.25, -0.2) is 0 Å². The van der Waals surface area contributed by atoms with Crippen molar-refractivity contribution in [2.24, 2.45) is 4.99 Å². The van der Waals surface area contributed by atoms with Gasteiger partial charge in [0.15, 0.2) is 5.96 Å². The molecule has 0 atom stereocenters. The lowest BCUT2D eigenvalue weighted by Crippen LogP contribution is -2.43. The summed E-state index contributed by atoms with van der Waals surface area (Å²) >= 11 is 0. The van der Waals surface area contributed by atoms with E-state index in [2.05, 4.69) is 88.1 Å². The van der Waals surface area contributed by atoms with Gasteiger partial charge in [-0.05, 0) is 24.5 Å². The van der Waals surface area contributed by atoms with Crippen LogP contribution in [0.1, 0.15) is 37.3 Å². The first-order chi connectivity index (χ1) is 15.7. The van der Waals surface area contributed by atoms with Gasteiger partial charge in [-0.3, -0.25) is 9.89 Å². The number of aliphatic imine (C=N–C) groups is 1. The standard InChI is InChI=1S/C26H38N4O2.HI/c1-2-27-25(29-22-26(31)14-18-32-19-15-26)28-16-9-17-30(20-23-10-5-3-6-11-23)21-24-12-7-4-8-13-24;/h3-8,10-13,31H,2,9,14-22H2,1H3,(H2,27,28,29);1H. The summed E-state index contributed by atoms with van der Waals surface area (Å²) in [6.07, 6.45) is 2.29. The molecule has 2 aromatic rings. The molecule has 0 bridgehead atoms. The van der Waals surface area contributed by atoms with E-state index in [1.165, 1.54) is 11.1 Å². The van der Waals surface area contributed by atoms with Crippen molar-refractivity contribution < 1.29 is 9.84 Å². The Morgan fingerprint density at radius 2 is 1.55 bits per heavy atom. The molecular weight excluding hydrogens is 527 g/mol. The van der Waals surface area contributed by atoms with Crippen molar-refractivity contribution in [3.05, 3.63) is 71.8 Å². The Morgan fingerprint density at radius 1 is 0.970 bits per heavy atom. The largest absolute Gasteiger partial charge is 0.388 e. The van der Waals surface area contributed by atoms with E-state index in [1.54, 1.807) is 0 Å². The Hall–Kier alpha value is -1.68. The first-order valence-electron chi connectivity index (χ1n) is 11.8. The third kappa shape index (κ3) is 10.4. The molecule has 0 radical (unpaired) electrons. The molecular formula is C26H39IN4O2. The Balaban J connectivity index is 0.00000385. The van der Waals surface area contributed by atoms with Crippen molar-refractivity contribution in [1.29, 1.82) is 0 Å². The van der Waals surface area contributed by atoms with Crippen molar-refractivity contribution >= 4 is 29.9 Å². The minimum Gasteiger partial charge on any atom is -0.388 e. The number of nitrogens with zero attached hydrogens (tertiary/aromatic N) is 2. The highest BCUT2D eigenvalue weighted by atomic mass is 127. The van der Waals surface area contributed by atoms with Crippen LogP contribution in [0.2, 0.25) is 0 Å². The molecule has 1 heterocycles.